The van der Waals surface area contributed by atoms with Crippen molar-refractivity contribution in [3.05, 3.63) is 27.8 Å². The zero-order chi connectivity index (χ0) is 24.1. The molecule has 0 radical (unpaired) electrons. The first-order valence-corrected chi connectivity index (χ1v) is 10.7. The fraction of sp³-hybridized carbons (Fsp3) is 0.421. The maximum atomic E-state index is 11.9. The van der Waals surface area contributed by atoms with Crippen LogP contribution in [0.3, 0.4) is 0 Å². The summed E-state index contributed by atoms with van der Waals surface area (Å²) in [6.07, 6.45) is 0.0531. The van der Waals surface area contributed by atoms with Gasteiger partial charge >= 0.3 is 30.0 Å². The summed E-state index contributed by atoms with van der Waals surface area (Å²) in [4.78, 5) is 56.8. The third-order valence-electron chi connectivity index (χ3n) is 4.16. The van der Waals surface area contributed by atoms with Crippen LogP contribution in [0.4, 0.5) is 15.3 Å². The molecule has 12 nitrogen and oxygen atoms in total. The first kappa shape index (κ1) is 26.9. The molecule has 0 fully saturated rings. The van der Waals surface area contributed by atoms with E-state index in [0.29, 0.717) is 18.5 Å². The van der Waals surface area contributed by atoms with E-state index in [9.17, 15) is 29.1 Å². The molecule has 0 spiro atoms. The number of urea groups is 2. The summed E-state index contributed by atoms with van der Waals surface area (Å²) in [5.41, 5.74) is 0.632. The lowest BCUT2D eigenvalue weighted by Crippen LogP contribution is -2.51. The van der Waals surface area contributed by atoms with Gasteiger partial charge in [0.1, 0.15) is 12.1 Å². The van der Waals surface area contributed by atoms with Crippen LogP contribution in [0.25, 0.3) is 0 Å². The smallest absolute Gasteiger partial charge is 0.326 e. The molecule has 32 heavy (non-hydrogen) atoms. The van der Waals surface area contributed by atoms with Crippen LogP contribution >= 0.6 is 22.6 Å². The summed E-state index contributed by atoms with van der Waals surface area (Å²) in [5, 5.41) is 36.4. The molecule has 13 heteroatoms. The highest BCUT2D eigenvalue weighted by Crippen LogP contribution is 2.10. The zero-order valence-corrected chi connectivity index (χ0v) is 19.1. The van der Waals surface area contributed by atoms with Gasteiger partial charge in [-0.3, -0.25) is 4.79 Å². The fourth-order valence-electron chi connectivity index (χ4n) is 2.52. The Morgan fingerprint density at radius 2 is 1.38 bits per heavy atom. The molecule has 0 unspecified atom stereocenters. The van der Waals surface area contributed by atoms with E-state index in [1.54, 1.807) is 12.1 Å². The molecule has 0 saturated heterocycles. The Morgan fingerprint density at radius 3 is 1.91 bits per heavy atom. The lowest BCUT2D eigenvalue weighted by atomic mass is 10.1. The Balaban J connectivity index is 2.36. The maximum Gasteiger partial charge on any atom is 0.326 e. The van der Waals surface area contributed by atoms with Crippen molar-refractivity contribution in [1.29, 1.82) is 0 Å². The molecule has 0 saturated carbocycles. The number of hydrogen-bond donors (Lipinski definition) is 7. The van der Waals surface area contributed by atoms with E-state index >= 15 is 0 Å². The Bertz CT molecular complexity index is 818. The van der Waals surface area contributed by atoms with Gasteiger partial charge in [0.25, 0.3) is 0 Å². The molecule has 1 aromatic carbocycles. The van der Waals surface area contributed by atoms with Crippen molar-refractivity contribution in [2.24, 2.45) is 0 Å². The topological polar surface area (TPSA) is 194 Å². The van der Waals surface area contributed by atoms with Gasteiger partial charge in [-0.25, -0.2) is 19.2 Å². The molecule has 4 amide bonds. The lowest BCUT2D eigenvalue weighted by molar-refractivity contribution is -0.140. The largest absolute Gasteiger partial charge is 0.481 e. The summed E-state index contributed by atoms with van der Waals surface area (Å²) < 4.78 is 1.03. The SMILES string of the molecule is O=C(O)CC[C@H](NC(=O)N[C@@H](CCCCNC(=O)Nc1ccc([123I])cc1)C(=O)O)C(=O)O. The number of hydrogen-bond acceptors (Lipinski definition) is 5. The van der Waals surface area contributed by atoms with Crippen LogP contribution in [0.5, 0.6) is 0 Å². The number of carbonyl (C=O) groups excluding carboxylic acids is 2. The first-order valence-electron chi connectivity index (χ1n) is 9.63. The Hall–Kier alpha value is -3.10. The average molecular weight is 560 g/mol. The third kappa shape index (κ3) is 11.3. The highest BCUT2D eigenvalue weighted by Gasteiger charge is 2.24. The number of carboxylic acid groups (broad SMARTS) is 3. The van der Waals surface area contributed by atoms with Crippen LogP contribution in [-0.4, -0.2) is 63.9 Å². The average Bonchev–Trinajstić information content (AvgIpc) is 2.71. The predicted octanol–water partition coefficient (Wildman–Crippen LogP) is 1.65. The van der Waals surface area contributed by atoms with Crippen molar-refractivity contribution in [2.45, 2.75) is 44.2 Å². The van der Waals surface area contributed by atoms with Gasteiger partial charge in [-0.2, -0.15) is 0 Å². The molecule has 7 N–H and O–H groups in total. The Kier molecular flexibility index (Phi) is 11.8. The quantitative estimate of drug-likeness (QED) is 0.140. The van der Waals surface area contributed by atoms with Crippen molar-refractivity contribution in [3.8, 4) is 0 Å². The zero-order valence-electron chi connectivity index (χ0n) is 17.0. The summed E-state index contributed by atoms with van der Waals surface area (Å²) in [6.45, 7) is 0.283. The van der Waals surface area contributed by atoms with E-state index in [0.717, 1.165) is 3.57 Å². The van der Waals surface area contributed by atoms with Crippen LogP contribution in [0.15, 0.2) is 24.3 Å². The second-order valence-corrected chi connectivity index (χ2v) is 7.96. The molecule has 0 aliphatic heterocycles. The number of carboxylic acids is 3. The van der Waals surface area contributed by atoms with E-state index in [-0.39, 0.29) is 19.4 Å². The van der Waals surface area contributed by atoms with E-state index in [2.05, 4.69) is 43.9 Å². The number of anilines is 1. The van der Waals surface area contributed by atoms with Gasteiger partial charge in [-0.1, -0.05) is 0 Å². The van der Waals surface area contributed by atoms with E-state index in [1.807, 2.05) is 12.1 Å². The molecular weight excluding hydrogens is 535 g/mol. The highest BCUT2D eigenvalue weighted by molar-refractivity contribution is 14.1. The summed E-state index contributed by atoms with van der Waals surface area (Å²) in [7, 11) is 0. The number of benzene rings is 1. The molecule has 0 aliphatic carbocycles. The normalized spacial score (nSPS) is 12.2. The number of rotatable bonds is 13. The standard InChI is InChI=1S/C19H25IN4O8/c20-11-4-6-12(7-5-11)22-18(31)21-10-2-1-3-13(16(27)28)23-19(32)24-14(17(29)30)8-9-15(25)26/h4-7,13-14H,1-3,8-10H2,(H,25,26)(H,27,28)(H,29,30)(H2,21,22,31)(H2,23,24,32)/t13-,14-/m0/s1/i20-4. The molecule has 2 atom stereocenters. The second-order valence-electron chi connectivity index (χ2n) is 6.72. The van der Waals surface area contributed by atoms with Gasteiger partial charge in [0.05, 0.1) is 0 Å². The molecule has 1 rings (SSSR count). The molecule has 0 aliphatic rings. The third-order valence-corrected chi connectivity index (χ3v) is 4.88. The van der Waals surface area contributed by atoms with Crippen molar-refractivity contribution in [3.63, 3.8) is 0 Å². The minimum atomic E-state index is -1.46. The molecule has 1 aromatic rings. The van der Waals surface area contributed by atoms with Gasteiger partial charge in [0.2, 0.25) is 0 Å². The Morgan fingerprint density at radius 1 is 0.812 bits per heavy atom. The molecule has 0 heterocycles. The lowest BCUT2D eigenvalue weighted by Gasteiger charge is -2.18. The van der Waals surface area contributed by atoms with Gasteiger partial charge in [-0.05, 0) is 72.5 Å². The summed E-state index contributed by atoms with van der Waals surface area (Å²) >= 11 is 2.15. The number of amides is 4. The number of unbranched alkanes of at least 4 members (excludes halogenated alkanes) is 1. The van der Waals surface area contributed by atoms with Gasteiger partial charge in [0, 0.05) is 22.2 Å². The number of carbonyl (C=O) groups is 5. The van der Waals surface area contributed by atoms with Crippen molar-refractivity contribution < 1.29 is 39.3 Å². The van der Waals surface area contributed by atoms with Crippen molar-refractivity contribution in [1.82, 2.24) is 16.0 Å². The van der Waals surface area contributed by atoms with Gasteiger partial charge in [-0.15, -0.1) is 0 Å². The van der Waals surface area contributed by atoms with E-state index < -0.39 is 48.5 Å². The van der Waals surface area contributed by atoms with Crippen molar-refractivity contribution >= 4 is 58.2 Å². The number of aliphatic carboxylic acids is 3. The van der Waals surface area contributed by atoms with Crippen LogP contribution in [-0.2, 0) is 14.4 Å². The van der Waals surface area contributed by atoms with Crippen LogP contribution in [0.1, 0.15) is 32.1 Å². The van der Waals surface area contributed by atoms with E-state index in [4.69, 9.17) is 10.2 Å². The van der Waals surface area contributed by atoms with E-state index in [1.165, 1.54) is 0 Å². The summed E-state index contributed by atoms with van der Waals surface area (Å²) in [6, 6.07) is 3.04. The molecular formula is C19H25IN4O8. The fourth-order valence-corrected chi connectivity index (χ4v) is 2.88. The second kappa shape index (κ2) is 14.1. The van der Waals surface area contributed by atoms with Gasteiger partial charge < -0.3 is 36.6 Å². The van der Waals surface area contributed by atoms with Crippen LogP contribution in [0, 0.1) is 3.57 Å². The van der Waals surface area contributed by atoms with Gasteiger partial charge in [0.15, 0.2) is 0 Å². The Labute approximate surface area is 197 Å². The number of nitrogens with one attached hydrogen (secondary N) is 4. The minimum Gasteiger partial charge on any atom is -0.481 e. The molecule has 176 valence electrons. The molecule has 0 aromatic heterocycles. The summed E-state index contributed by atoms with van der Waals surface area (Å²) in [5.74, 6) is -3.95. The van der Waals surface area contributed by atoms with Crippen molar-refractivity contribution in [2.75, 3.05) is 11.9 Å². The predicted molar refractivity (Wildman–Crippen MR) is 121 cm³/mol. The maximum absolute atomic E-state index is 11.9. The van der Waals surface area contributed by atoms with Crippen LogP contribution < -0.4 is 21.3 Å². The van der Waals surface area contributed by atoms with Crippen LogP contribution in [0.2, 0.25) is 0 Å². The monoisotopic (exact) mass is 560 g/mol. The minimum absolute atomic E-state index is 0.0516. The molecule has 0 bridgehead atoms. The number of halogens is 1. The first-order chi connectivity index (χ1) is 15.1. The highest BCUT2D eigenvalue weighted by atomic mass is 123.